The van der Waals surface area contributed by atoms with E-state index in [0.717, 1.165) is 5.56 Å². The van der Waals surface area contributed by atoms with Crippen LogP contribution in [0.15, 0.2) is 51.4 Å². The van der Waals surface area contributed by atoms with Crippen molar-refractivity contribution < 1.29 is 13.9 Å². The topological polar surface area (TPSA) is 64.4 Å². The number of rotatable bonds is 6. The standard InChI is InChI=1S/C20H18BrClN2O3/c1-3-26-19-15(21)9-14(22)10-17(19)23-18(25)11-16-12(2)27-20(24-16)13-7-5-4-6-8-13/h4-10H,3,11H2,1-2H3,(H,23,25). The van der Waals surface area contributed by atoms with E-state index in [0.29, 0.717) is 44.9 Å². The highest BCUT2D eigenvalue weighted by molar-refractivity contribution is 9.10. The molecule has 1 heterocycles. The van der Waals surface area contributed by atoms with Crippen LogP contribution in [0.25, 0.3) is 11.5 Å². The minimum atomic E-state index is -0.235. The Kier molecular flexibility index (Phi) is 6.19. The fourth-order valence-corrected chi connectivity index (χ4v) is 3.51. The highest BCUT2D eigenvalue weighted by Crippen LogP contribution is 2.36. The Labute approximate surface area is 170 Å². The first-order chi connectivity index (χ1) is 13.0. The van der Waals surface area contributed by atoms with Crippen LogP contribution in [0.2, 0.25) is 5.02 Å². The number of carbonyl (C=O) groups excluding carboxylic acids is 1. The van der Waals surface area contributed by atoms with Crippen LogP contribution in [-0.4, -0.2) is 17.5 Å². The summed E-state index contributed by atoms with van der Waals surface area (Å²) in [6.45, 7) is 4.13. The molecule has 3 rings (SSSR count). The first-order valence-corrected chi connectivity index (χ1v) is 9.58. The maximum absolute atomic E-state index is 12.6. The summed E-state index contributed by atoms with van der Waals surface area (Å²) >= 11 is 9.51. The summed E-state index contributed by atoms with van der Waals surface area (Å²) in [6, 6.07) is 12.9. The Hall–Kier alpha value is -2.31. The van der Waals surface area contributed by atoms with E-state index in [-0.39, 0.29) is 12.3 Å². The Morgan fingerprint density at radius 1 is 1.30 bits per heavy atom. The molecule has 7 heteroatoms. The molecule has 0 radical (unpaired) electrons. The largest absolute Gasteiger partial charge is 0.491 e. The number of benzene rings is 2. The van der Waals surface area contributed by atoms with E-state index in [1.165, 1.54) is 0 Å². The molecular formula is C20H18BrClN2O3. The first-order valence-electron chi connectivity index (χ1n) is 8.41. The van der Waals surface area contributed by atoms with Crippen molar-refractivity contribution in [1.82, 2.24) is 4.98 Å². The summed E-state index contributed by atoms with van der Waals surface area (Å²) in [6.07, 6.45) is 0.0812. The molecule has 0 aliphatic rings. The highest BCUT2D eigenvalue weighted by atomic mass is 79.9. The average Bonchev–Trinajstić information content (AvgIpc) is 2.99. The normalized spacial score (nSPS) is 10.7. The van der Waals surface area contributed by atoms with Crippen LogP contribution in [0.5, 0.6) is 5.75 Å². The fourth-order valence-electron chi connectivity index (χ4n) is 2.59. The van der Waals surface area contributed by atoms with Crippen LogP contribution >= 0.6 is 27.5 Å². The van der Waals surface area contributed by atoms with Gasteiger partial charge in [-0.1, -0.05) is 29.8 Å². The minimum absolute atomic E-state index is 0.0812. The quantitative estimate of drug-likeness (QED) is 0.528. The summed E-state index contributed by atoms with van der Waals surface area (Å²) < 4.78 is 12.0. The zero-order valence-corrected chi connectivity index (χ0v) is 17.2. The third kappa shape index (κ3) is 4.70. The number of nitrogens with zero attached hydrogens (tertiary/aromatic N) is 1. The van der Waals surface area contributed by atoms with Gasteiger partial charge in [-0.2, -0.15) is 0 Å². The van der Waals surface area contributed by atoms with Gasteiger partial charge in [0.05, 0.1) is 28.9 Å². The van der Waals surface area contributed by atoms with Gasteiger partial charge < -0.3 is 14.5 Å². The van der Waals surface area contributed by atoms with Gasteiger partial charge in [0.1, 0.15) is 5.76 Å². The highest BCUT2D eigenvalue weighted by Gasteiger charge is 2.17. The van der Waals surface area contributed by atoms with Crippen LogP contribution in [-0.2, 0) is 11.2 Å². The second-order valence-electron chi connectivity index (χ2n) is 5.81. The maximum Gasteiger partial charge on any atom is 0.230 e. The lowest BCUT2D eigenvalue weighted by Crippen LogP contribution is -2.16. The van der Waals surface area contributed by atoms with E-state index >= 15 is 0 Å². The van der Waals surface area contributed by atoms with E-state index < -0.39 is 0 Å². The van der Waals surface area contributed by atoms with Gasteiger partial charge in [0.2, 0.25) is 11.8 Å². The third-order valence-electron chi connectivity index (χ3n) is 3.81. The van der Waals surface area contributed by atoms with E-state index in [4.69, 9.17) is 20.8 Å². The number of aromatic nitrogens is 1. The van der Waals surface area contributed by atoms with Crippen molar-refractivity contribution in [3.8, 4) is 17.2 Å². The molecule has 0 atom stereocenters. The van der Waals surface area contributed by atoms with E-state index in [2.05, 4.69) is 26.2 Å². The van der Waals surface area contributed by atoms with Gasteiger partial charge in [0.25, 0.3) is 0 Å². The fraction of sp³-hybridized carbons (Fsp3) is 0.200. The van der Waals surface area contributed by atoms with E-state index in [1.54, 1.807) is 19.1 Å². The van der Waals surface area contributed by atoms with Crippen molar-refractivity contribution in [2.24, 2.45) is 0 Å². The Bertz CT molecular complexity index is 957. The van der Waals surface area contributed by atoms with Crippen molar-refractivity contribution in [2.45, 2.75) is 20.3 Å². The lowest BCUT2D eigenvalue weighted by Gasteiger charge is -2.13. The van der Waals surface area contributed by atoms with Gasteiger partial charge in [-0.05, 0) is 54.0 Å². The number of hydrogen-bond acceptors (Lipinski definition) is 4. The molecule has 0 saturated heterocycles. The van der Waals surface area contributed by atoms with Crippen LogP contribution in [0.4, 0.5) is 5.69 Å². The number of ether oxygens (including phenoxy) is 1. The number of oxazole rings is 1. The summed E-state index contributed by atoms with van der Waals surface area (Å²) in [4.78, 5) is 17.0. The van der Waals surface area contributed by atoms with Gasteiger partial charge in [-0.15, -0.1) is 0 Å². The molecule has 27 heavy (non-hydrogen) atoms. The molecule has 140 valence electrons. The number of anilines is 1. The van der Waals surface area contributed by atoms with Crippen molar-refractivity contribution >= 4 is 39.1 Å². The number of aryl methyl sites for hydroxylation is 1. The molecule has 2 aromatic carbocycles. The lowest BCUT2D eigenvalue weighted by atomic mass is 10.2. The average molecular weight is 450 g/mol. The van der Waals surface area contributed by atoms with Crippen LogP contribution in [0.3, 0.4) is 0 Å². The maximum atomic E-state index is 12.6. The smallest absolute Gasteiger partial charge is 0.230 e. The Balaban J connectivity index is 1.78. The number of amides is 1. The molecule has 3 aromatic rings. The molecule has 0 bridgehead atoms. The number of halogens is 2. The number of hydrogen-bond donors (Lipinski definition) is 1. The zero-order valence-electron chi connectivity index (χ0n) is 14.9. The lowest BCUT2D eigenvalue weighted by molar-refractivity contribution is -0.115. The van der Waals surface area contributed by atoms with Gasteiger partial charge in [0, 0.05) is 10.6 Å². The molecule has 0 unspecified atom stereocenters. The van der Waals surface area contributed by atoms with Crippen molar-refractivity contribution in [2.75, 3.05) is 11.9 Å². The number of nitrogens with one attached hydrogen (secondary N) is 1. The predicted octanol–water partition coefficient (Wildman–Crippen LogP) is 5.65. The van der Waals surface area contributed by atoms with Crippen LogP contribution in [0, 0.1) is 6.92 Å². The van der Waals surface area contributed by atoms with E-state index in [9.17, 15) is 4.79 Å². The summed E-state index contributed by atoms with van der Waals surface area (Å²) in [5, 5.41) is 3.33. The molecule has 1 N–H and O–H groups in total. The van der Waals surface area contributed by atoms with Crippen molar-refractivity contribution in [3.05, 3.63) is 63.4 Å². The second kappa shape index (κ2) is 8.59. The Morgan fingerprint density at radius 2 is 2.04 bits per heavy atom. The summed E-state index contributed by atoms with van der Waals surface area (Å²) in [5.74, 6) is 1.41. The van der Waals surface area contributed by atoms with E-state index in [1.807, 2.05) is 37.3 Å². The zero-order chi connectivity index (χ0) is 19.4. The SMILES string of the molecule is CCOc1c(Br)cc(Cl)cc1NC(=O)Cc1nc(-c2ccccc2)oc1C. The molecule has 1 amide bonds. The monoisotopic (exact) mass is 448 g/mol. The van der Waals surface area contributed by atoms with Gasteiger partial charge in [-0.25, -0.2) is 4.98 Å². The number of carbonyl (C=O) groups is 1. The molecule has 0 aliphatic heterocycles. The Morgan fingerprint density at radius 3 is 2.74 bits per heavy atom. The summed E-state index contributed by atoms with van der Waals surface area (Å²) in [7, 11) is 0. The van der Waals surface area contributed by atoms with Gasteiger partial charge in [-0.3, -0.25) is 4.79 Å². The van der Waals surface area contributed by atoms with Crippen molar-refractivity contribution in [1.29, 1.82) is 0 Å². The molecule has 0 aliphatic carbocycles. The first kappa shape index (κ1) is 19.5. The molecule has 0 saturated carbocycles. The molecule has 5 nitrogen and oxygen atoms in total. The van der Waals surface area contributed by atoms with Gasteiger partial charge in [0.15, 0.2) is 5.75 Å². The van der Waals surface area contributed by atoms with Gasteiger partial charge >= 0.3 is 0 Å². The minimum Gasteiger partial charge on any atom is -0.491 e. The second-order valence-corrected chi connectivity index (χ2v) is 7.10. The third-order valence-corrected chi connectivity index (χ3v) is 4.62. The van der Waals surface area contributed by atoms with Crippen LogP contribution < -0.4 is 10.1 Å². The van der Waals surface area contributed by atoms with Crippen LogP contribution in [0.1, 0.15) is 18.4 Å². The molecule has 0 fully saturated rings. The molecule has 1 aromatic heterocycles. The molecular weight excluding hydrogens is 432 g/mol. The molecule has 0 spiro atoms. The van der Waals surface area contributed by atoms with Crippen molar-refractivity contribution in [3.63, 3.8) is 0 Å². The summed E-state index contributed by atoms with van der Waals surface area (Å²) in [5.41, 5.74) is 1.96. The predicted molar refractivity (Wildman–Crippen MR) is 109 cm³/mol.